The monoisotopic (exact) mass is 492 g/mol. The molecule has 0 N–H and O–H groups in total. The minimum atomic E-state index is 0.338. The number of para-hydroxylation sites is 3. The molecule has 0 bridgehead atoms. The van der Waals surface area contributed by atoms with E-state index in [0.29, 0.717) is 38.1 Å². The largest absolute Gasteiger partial charge is 0.491 e. The van der Waals surface area contributed by atoms with Crippen LogP contribution in [0.5, 0.6) is 17.2 Å². The lowest BCUT2D eigenvalue weighted by atomic mass is 10.1. The highest BCUT2D eigenvalue weighted by Crippen LogP contribution is 2.21. The van der Waals surface area contributed by atoms with Crippen LogP contribution in [0.2, 0.25) is 0 Å². The minimum absolute atomic E-state index is 0.338. The molecule has 3 fully saturated rings. The molecule has 0 amide bonds. The van der Waals surface area contributed by atoms with Crippen LogP contribution in [0.4, 0.5) is 0 Å². The number of hydrogen-bond donors (Lipinski definition) is 0. The predicted octanol–water partition coefficient (Wildman–Crippen LogP) is 5.35. The molecule has 192 valence electrons. The van der Waals surface area contributed by atoms with Gasteiger partial charge in [-0.2, -0.15) is 0 Å². The summed E-state index contributed by atoms with van der Waals surface area (Å²) in [4.78, 5) is 0. The molecule has 3 unspecified atom stereocenters. The Morgan fingerprint density at radius 1 is 0.583 bits per heavy atom. The Hall–Kier alpha value is -3.06. The van der Waals surface area contributed by atoms with Crippen molar-refractivity contribution < 1.29 is 28.4 Å². The molecule has 3 aromatic carbocycles. The second-order valence-electron chi connectivity index (χ2n) is 8.78. The van der Waals surface area contributed by atoms with Crippen molar-refractivity contribution in [1.82, 2.24) is 0 Å². The number of hydrogen-bond acceptors (Lipinski definition) is 6. The van der Waals surface area contributed by atoms with Gasteiger partial charge < -0.3 is 28.4 Å². The molecule has 0 saturated carbocycles. The highest BCUT2D eigenvalue weighted by atomic mass is 16.6. The highest BCUT2D eigenvalue weighted by molar-refractivity contribution is 5.33. The summed E-state index contributed by atoms with van der Waals surface area (Å²) in [6.07, 6.45) is 3.26. The van der Waals surface area contributed by atoms with E-state index in [2.05, 4.69) is 19.1 Å². The Morgan fingerprint density at radius 2 is 1.00 bits per heavy atom. The third kappa shape index (κ3) is 10.7. The molecule has 3 aromatic rings. The van der Waals surface area contributed by atoms with E-state index in [9.17, 15) is 0 Å². The van der Waals surface area contributed by atoms with E-state index in [1.54, 1.807) is 0 Å². The summed E-state index contributed by atoms with van der Waals surface area (Å²) in [6.45, 7) is 6.81. The Morgan fingerprint density at radius 3 is 1.44 bits per heavy atom. The Kier molecular flexibility index (Phi) is 10.5. The van der Waals surface area contributed by atoms with Crippen LogP contribution in [-0.2, 0) is 20.6 Å². The standard InChI is InChI=1S/C12H16O2.2C9H10O2/c1-2-5-10-6-3-4-7-12(10)14-9-11-8-13-11;2*1-2-4-8(5-3-1)10-6-9-7-11-9/h3-4,6-7,11H,2,5,8-9H2,1H3;2*1-5,9H,6-7H2. The normalized spacial score (nSPS) is 20.5. The van der Waals surface area contributed by atoms with E-state index in [1.807, 2.05) is 72.8 Å². The average molecular weight is 493 g/mol. The minimum Gasteiger partial charge on any atom is -0.491 e. The van der Waals surface area contributed by atoms with E-state index < -0.39 is 0 Å². The summed E-state index contributed by atoms with van der Waals surface area (Å²) < 4.78 is 31.6. The van der Waals surface area contributed by atoms with E-state index in [1.165, 1.54) is 5.56 Å². The molecule has 3 atom stereocenters. The quantitative estimate of drug-likeness (QED) is 0.337. The Labute approximate surface area is 214 Å². The summed E-state index contributed by atoms with van der Waals surface area (Å²) in [5, 5.41) is 0. The van der Waals surface area contributed by atoms with Crippen LogP contribution in [0.25, 0.3) is 0 Å². The van der Waals surface area contributed by atoms with Crippen molar-refractivity contribution in [3.8, 4) is 17.2 Å². The first kappa shape index (κ1) is 26.0. The summed E-state index contributed by atoms with van der Waals surface area (Å²) in [6, 6.07) is 27.8. The van der Waals surface area contributed by atoms with E-state index in [4.69, 9.17) is 28.4 Å². The number of epoxide rings is 3. The smallest absolute Gasteiger partial charge is 0.122 e. The molecule has 0 radical (unpaired) electrons. The second-order valence-corrected chi connectivity index (χ2v) is 8.78. The van der Waals surface area contributed by atoms with Crippen LogP contribution in [0.15, 0.2) is 84.9 Å². The molecule has 3 aliphatic rings. The van der Waals surface area contributed by atoms with Crippen molar-refractivity contribution >= 4 is 0 Å². The molecule has 6 nitrogen and oxygen atoms in total. The van der Waals surface area contributed by atoms with E-state index >= 15 is 0 Å². The van der Waals surface area contributed by atoms with Gasteiger partial charge in [-0.1, -0.05) is 67.9 Å². The molecule has 6 heteroatoms. The van der Waals surface area contributed by atoms with Crippen molar-refractivity contribution in [2.45, 2.75) is 38.1 Å². The van der Waals surface area contributed by atoms with Crippen LogP contribution in [-0.4, -0.2) is 58.0 Å². The number of benzene rings is 3. The van der Waals surface area contributed by atoms with Gasteiger partial charge in [-0.3, -0.25) is 0 Å². The summed E-state index contributed by atoms with van der Waals surface area (Å²) in [5.74, 6) is 2.86. The lowest BCUT2D eigenvalue weighted by Gasteiger charge is -2.09. The van der Waals surface area contributed by atoms with Gasteiger partial charge in [0, 0.05) is 0 Å². The zero-order valence-electron chi connectivity index (χ0n) is 20.9. The van der Waals surface area contributed by atoms with Crippen LogP contribution in [0.3, 0.4) is 0 Å². The maximum atomic E-state index is 5.69. The molecule has 0 spiro atoms. The number of rotatable bonds is 11. The van der Waals surface area contributed by atoms with Crippen molar-refractivity contribution in [1.29, 1.82) is 0 Å². The summed E-state index contributed by atoms with van der Waals surface area (Å²) in [7, 11) is 0. The van der Waals surface area contributed by atoms with Gasteiger partial charge in [-0.15, -0.1) is 0 Å². The maximum Gasteiger partial charge on any atom is 0.122 e. The highest BCUT2D eigenvalue weighted by Gasteiger charge is 2.24. The second kappa shape index (κ2) is 14.5. The molecule has 0 aromatic heterocycles. The van der Waals surface area contributed by atoms with Crippen LogP contribution in [0, 0.1) is 0 Å². The molecule has 6 rings (SSSR count). The molecule has 3 aliphatic heterocycles. The van der Waals surface area contributed by atoms with Crippen molar-refractivity contribution in [2.75, 3.05) is 39.6 Å². The topological polar surface area (TPSA) is 65.3 Å². The predicted molar refractivity (Wildman–Crippen MR) is 139 cm³/mol. The number of ether oxygens (including phenoxy) is 6. The van der Waals surface area contributed by atoms with Gasteiger partial charge in [0.15, 0.2) is 0 Å². The first-order valence-corrected chi connectivity index (χ1v) is 12.7. The molecular weight excluding hydrogens is 456 g/mol. The van der Waals surface area contributed by atoms with Gasteiger partial charge in [0.2, 0.25) is 0 Å². The Balaban J connectivity index is 0.000000128. The SMILES string of the molecule is CCCc1ccccc1OCC1CO1.c1ccc(OCC2CO2)cc1.c1ccc(OCC2CO2)cc1. The lowest BCUT2D eigenvalue weighted by molar-refractivity contribution is 0.261. The molecule has 36 heavy (non-hydrogen) atoms. The fraction of sp³-hybridized carbons (Fsp3) is 0.400. The van der Waals surface area contributed by atoms with E-state index in [0.717, 1.165) is 49.9 Å². The van der Waals surface area contributed by atoms with Crippen LogP contribution < -0.4 is 14.2 Å². The van der Waals surface area contributed by atoms with Crippen LogP contribution >= 0.6 is 0 Å². The molecule has 3 saturated heterocycles. The van der Waals surface area contributed by atoms with Crippen molar-refractivity contribution in [3.05, 3.63) is 90.5 Å². The Bertz CT molecular complexity index is 933. The van der Waals surface area contributed by atoms with Gasteiger partial charge >= 0.3 is 0 Å². The van der Waals surface area contributed by atoms with Gasteiger partial charge in [-0.25, -0.2) is 0 Å². The van der Waals surface area contributed by atoms with Crippen LogP contribution in [0.1, 0.15) is 18.9 Å². The summed E-state index contributed by atoms with van der Waals surface area (Å²) in [5.41, 5.74) is 1.30. The van der Waals surface area contributed by atoms with Gasteiger partial charge in [0.25, 0.3) is 0 Å². The molecular formula is C30H36O6. The zero-order valence-corrected chi connectivity index (χ0v) is 20.9. The molecule has 3 heterocycles. The fourth-order valence-corrected chi connectivity index (χ4v) is 3.21. The fourth-order valence-electron chi connectivity index (χ4n) is 3.21. The summed E-state index contributed by atoms with van der Waals surface area (Å²) >= 11 is 0. The first-order chi connectivity index (χ1) is 17.8. The van der Waals surface area contributed by atoms with Gasteiger partial charge in [0.05, 0.1) is 19.8 Å². The van der Waals surface area contributed by atoms with E-state index in [-0.39, 0.29) is 0 Å². The van der Waals surface area contributed by atoms with Crippen molar-refractivity contribution in [3.63, 3.8) is 0 Å². The zero-order chi connectivity index (χ0) is 24.8. The third-order valence-electron chi connectivity index (χ3n) is 5.48. The molecule has 0 aliphatic carbocycles. The lowest BCUT2D eigenvalue weighted by Crippen LogP contribution is -2.05. The van der Waals surface area contributed by atoms with Gasteiger partial charge in [0.1, 0.15) is 55.4 Å². The third-order valence-corrected chi connectivity index (χ3v) is 5.48. The maximum absolute atomic E-state index is 5.69. The number of aryl methyl sites for hydroxylation is 1. The average Bonchev–Trinajstić information content (AvgIpc) is 3.78. The first-order valence-electron chi connectivity index (χ1n) is 12.7. The van der Waals surface area contributed by atoms with Gasteiger partial charge in [-0.05, 0) is 42.3 Å². The van der Waals surface area contributed by atoms with Crippen molar-refractivity contribution in [2.24, 2.45) is 0 Å².